The van der Waals surface area contributed by atoms with Gasteiger partial charge in [-0.25, -0.2) is 4.79 Å². The average Bonchev–Trinajstić information content (AvgIpc) is 2.44. The molecule has 0 aromatic heterocycles. The van der Waals surface area contributed by atoms with E-state index in [2.05, 4.69) is 6.58 Å². The van der Waals surface area contributed by atoms with Gasteiger partial charge in [0.2, 0.25) is 11.8 Å². The highest BCUT2D eigenvalue weighted by Crippen LogP contribution is 2.21. The van der Waals surface area contributed by atoms with E-state index in [4.69, 9.17) is 4.74 Å². The lowest BCUT2D eigenvalue weighted by molar-refractivity contribution is -0.166. The van der Waals surface area contributed by atoms with E-state index in [9.17, 15) is 14.4 Å². The number of likely N-dealkylation sites (N-methyl/N-ethyl adjacent to an activating group) is 1. The minimum Gasteiger partial charge on any atom is -0.458 e. The van der Waals surface area contributed by atoms with E-state index < -0.39 is 11.6 Å². The fourth-order valence-electron chi connectivity index (χ4n) is 2.37. The van der Waals surface area contributed by atoms with Crippen molar-refractivity contribution in [1.29, 1.82) is 0 Å². The number of amides is 2. The van der Waals surface area contributed by atoms with Gasteiger partial charge in [0.1, 0.15) is 11.6 Å². The highest BCUT2D eigenvalue weighted by atomic mass is 16.6. The lowest BCUT2D eigenvalue weighted by atomic mass is 10.0. The molecule has 22 heavy (non-hydrogen) atoms. The summed E-state index contributed by atoms with van der Waals surface area (Å²) in [5, 5.41) is 0. The highest BCUT2D eigenvalue weighted by molar-refractivity contribution is 5.92. The number of rotatable bonds is 4. The van der Waals surface area contributed by atoms with Gasteiger partial charge in [0.15, 0.2) is 0 Å². The maximum absolute atomic E-state index is 12.4. The van der Waals surface area contributed by atoms with Gasteiger partial charge in [0, 0.05) is 13.6 Å². The van der Waals surface area contributed by atoms with Gasteiger partial charge >= 0.3 is 5.97 Å². The summed E-state index contributed by atoms with van der Waals surface area (Å²) in [6.45, 7) is 9.25. The molecule has 0 radical (unpaired) electrons. The Morgan fingerprint density at radius 3 is 2.50 bits per heavy atom. The van der Waals surface area contributed by atoms with Crippen molar-refractivity contribution >= 4 is 17.8 Å². The third kappa shape index (κ3) is 5.16. The van der Waals surface area contributed by atoms with Crippen LogP contribution in [0.1, 0.15) is 40.0 Å². The van der Waals surface area contributed by atoms with Gasteiger partial charge in [-0.1, -0.05) is 6.58 Å². The Bertz CT molecular complexity index is 454. The van der Waals surface area contributed by atoms with E-state index in [1.807, 2.05) is 0 Å². The van der Waals surface area contributed by atoms with Gasteiger partial charge in [-0.15, -0.1) is 0 Å². The number of hydrogen-bond acceptors (Lipinski definition) is 4. The maximum atomic E-state index is 12.4. The van der Waals surface area contributed by atoms with E-state index in [1.165, 1.54) is 16.8 Å². The fraction of sp³-hybridized carbons (Fsp3) is 0.688. The van der Waals surface area contributed by atoms with Crippen molar-refractivity contribution in [2.45, 2.75) is 51.7 Å². The zero-order chi connectivity index (χ0) is 16.9. The summed E-state index contributed by atoms with van der Waals surface area (Å²) in [6, 6.07) is -0.562. The van der Waals surface area contributed by atoms with Gasteiger partial charge < -0.3 is 14.5 Å². The highest BCUT2D eigenvalue weighted by Gasteiger charge is 2.35. The van der Waals surface area contributed by atoms with Crippen LogP contribution in [-0.4, -0.2) is 59.4 Å². The minimum absolute atomic E-state index is 0.0653. The summed E-state index contributed by atoms with van der Waals surface area (Å²) in [4.78, 5) is 39.0. The van der Waals surface area contributed by atoms with E-state index in [0.717, 1.165) is 18.9 Å². The summed E-state index contributed by atoms with van der Waals surface area (Å²) in [7, 11) is 1.54. The van der Waals surface area contributed by atoms with Crippen LogP contribution < -0.4 is 0 Å². The third-order valence-electron chi connectivity index (χ3n) is 3.43. The number of ether oxygens (including phenoxy) is 1. The van der Waals surface area contributed by atoms with Crippen LogP contribution in [0.3, 0.4) is 0 Å². The van der Waals surface area contributed by atoms with Gasteiger partial charge in [-0.2, -0.15) is 0 Å². The molecule has 0 N–H and O–H groups in total. The summed E-state index contributed by atoms with van der Waals surface area (Å²) < 4.78 is 5.40. The van der Waals surface area contributed by atoms with Gasteiger partial charge in [0.25, 0.3) is 0 Å². The normalized spacial score (nSPS) is 18.5. The smallest absolute Gasteiger partial charge is 0.329 e. The first-order chi connectivity index (χ1) is 10.2. The molecule has 0 aliphatic carbocycles. The van der Waals surface area contributed by atoms with Gasteiger partial charge in [-0.05, 0) is 46.1 Å². The Morgan fingerprint density at radius 1 is 1.32 bits per heavy atom. The Kier molecular flexibility index (Phi) is 6.14. The topological polar surface area (TPSA) is 66.9 Å². The summed E-state index contributed by atoms with van der Waals surface area (Å²) in [6.07, 6.45) is 3.49. The molecule has 1 aliphatic rings. The number of esters is 1. The quantitative estimate of drug-likeness (QED) is 0.581. The van der Waals surface area contributed by atoms with Gasteiger partial charge in [-0.3, -0.25) is 9.59 Å². The van der Waals surface area contributed by atoms with Crippen molar-refractivity contribution in [2.24, 2.45) is 0 Å². The molecule has 0 bridgehead atoms. The zero-order valence-electron chi connectivity index (χ0n) is 13.9. The first kappa shape index (κ1) is 18.2. The standard InChI is InChI=1S/C16H26N2O4/c1-6-13(19)17(5)11-14(20)18-10-8-7-9-12(18)15(21)22-16(2,3)4/h6,12H,1,7-11H2,2-5H3. The fourth-order valence-corrected chi connectivity index (χ4v) is 2.37. The number of carbonyl (C=O) groups excluding carboxylic acids is 3. The third-order valence-corrected chi connectivity index (χ3v) is 3.43. The molecule has 6 heteroatoms. The molecule has 0 aromatic rings. The van der Waals surface area contributed by atoms with Crippen molar-refractivity contribution in [2.75, 3.05) is 20.1 Å². The predicted molar refractivity (Wildman–Crippen MR) is 83.0 cm³/mol. The van der Waals surface area contributed by atoms with Crippen molar-refractivity contribution in [3.8, 4) is 0 Å². The second-order valence-electron chi connectivity index (χ2n) is 6.53. The minimum atomic E-state index is -0.584. The van der Waals surface area contributed by atoms with Crippen molar-refractivity contribution in [3.63, 3.8) is 0 Å². The number of likely N-dealkylation sites (tertiary alicyclic amines) is 1. The largest absolute Gasteiger partial charge is 0.458 e. The second kappa shape index (κ2) is 7.42. The first-order valence-electron chi connectivity index (χ1n) is 7.55. The van der Waals surface area contributed by atoms with Crippen LogP contribution in [0.15, 0.2) is 12.7 Å². The SMILES string of the molecule is C=CC(=O)N(C)CC(=O)N1CCCCC1C(=O)OC(C)(C)C. The second-order valence-corrected chi connectivity index (χ2v) is 6.53. The van der Waals surface area contributed by atoms with Crippen LogP contribution in [0, 0.1) is 0 Å². The molecule has 1 aliphatic heterocycles. The van der Waals surface area contributed by atoms with Crippen LogP contribution in [0.25, 0.3) is 0 Å². The summed E-state index contributed by atoms with van der Waals surface area (Å²) in [5.74, 6) is -0.939. The zero-order valence-corrected chi connectivity index (χ0v) is 13.9. The Morgan fingerprint density at radius 2 is 1.95 bits per heavy atom. The van der Waals surface area contributed by atoms with E-state index in [-0.39, 0.29) is 24.3 Å². The monoisotopic (exact) mass is 310 g/mol. The molecule has 2 amide bonds. The number of nitrogens with zero attached hydrogens (tertiary/aromatic N) is 2. The first-order valence-corrected chi connectivity index (χ1v) is 7.55. The summed E-state index contributed by atoms with van der Waals surface area (Å²) >= 11 is 0. The molecule has 6 nitrogen and oxygen atoms in total. The van der Waals surface area contributed by atoms with Crippen LogP contribution in [0.5, 0.6) is 0 Å². The van der Waals surface area contributed by atoms with Crippen LogP contribution in [0.4, 0.5) is 0 Å². The number of hydrogen-bond donors (Lipinski definition) is 0. The molecule has 1 heterocycles. The lowest BCUT2D eigenvalue weighted by Crippen LogP contribution is -2.52. The molecule has 124 valence electrons. The number of piperidine rings is 1. The van der Waals surface area contributed by atoms with Crippen molar-refractivity contribution < 1.29 is 19.1 Å². The van der Waals surface area contributed by atoms with E-state index >= 15 is 0 Å². The Labute approximate surface area is 132 Å². The number of carbonyl (C=O) groups is 3. The Balaban J connectivity index is 2.76. The molecule has 1 unspecified atom stereocenters. The molecule has 1 saturated heterocycles. The molecule has 0 spiro atoms. The average molecular weight is 310 g/mol. The molecule has 0 saturated carbocycles. The molecule has 1 atom stereocenters. The van der Waals surface area contributed by atoms with Crippen molar-refractivity contribution in [1.82, 2.24) is 9.80 Å². The van der Waals surface area contributed by atoms with Crippen LogP contribution >= 0.6 is 0 Å². The lowest BCUT2D eigenvalue weighted by Gasteiger charge is -2.36. The summed E-state index contributed by atoms with van der Waals surface area (Å²) in [5.41, 5.74) is -0.584. The molecule has 1 rings (SSSR count). The van der Waals surface area contributed by atoms with E-state index in [1.54, 1.807) is 20.8 Å². The van der Waals surface area contributed by atoms with Crippen molar-refractivity contribution in [3.05, 3.63) is 12.7 Å². The van der Waals surface area contributed by atoms with Crippen LogP contribution in [-0.2, 0) is 19.1 Å². The van der Waals surface area contributed by atoms with Crippen LogP contribution in [0.2, 0.25) is 0 Å². The van der Waals surface area contributed by atoms with E-state index in [0.29, 0.717) is 13.0 Å². The molecular formula is C16H26N2O4. The maximum Gasteiger partial charge on any atom is 0.329 e. The molecule has 0 aromatic carbocycles. The predicted octanol–water partition coefficient (Wildman–Crippen LogP) is 1.35. The van der Waals surface area contributed by atoms with Gasteiger partial charge in [0.05, 0.1) is 6.54 Å². The molecular weight excluding hydrogens is 284 g/mol. The molecule has 1 fully saturated rings. The Hall–Kier alpha value is -1.85.